The number of amides is 2. The van der Waals surface area contributed by atoms with Gasteiger partial charge in [0.05, 0.1) is 18.0 Å². The van der Waals surface area contributed by atoms with Crippen molar-refractivity contribution >= 4 is 27.5 Å². The summed E-state index contributed by atoms with van der Waals surface area (Å²) >= 11 is 0. The van der Waals surface area contributed by atoms with Gasteiger partial charge in [0.2, 0.25) is 21.8 Å². The molecule has 1 heterocycles. The second-order valence-electron chi connectivity index (χ2n) is 7.41. The van der Waals surface area contributed by atoms with Gasteiger partial charge in [0.25, 0.3) is 0 Å². The topological polar surface area (TPSA) is 98.8 Å². The molecule has 29 heavy (non-hydrogen) atoms. The second kappa shape index (κ2) is 11.3. The van der Waals surface area contributed by atoms with E-state index in [9.17, 15) is 18.0 Å². The highest BCUT2D eigenvalue weighted by Crippen LogP contribution is 2.21. The SMILES string of the molecule is CCCNC(=O)CN(C)CC(=O)Nc1ccc(S(=O)(=O)N2CCCCCC2)cc1. The van der Waals surface area contributed by atoms with E-state index in [1.807, 2.05) is 6.92 Å². The lowest BCUT2D eigenvalue weighted by atomic mass is 10.2. The third kappa shape index (κ3) is 7.41. The van der Waals surface area contributed by atoms with Crippen molar-refractivity contribution in [2.75, 3.05) is 45.1 Å². The number of hydrogen-bond acceptors (Lipinski definition) is 5. The summed E-state index contributed by atoms with van der Waals surface area (Å²) in [5.74, 6) is -0.385. The monoisotopic (exact) mass is 424 g/mol. The zero-order valence-corrected chi connectivity index (χ0v) is 18.1. The molecule has 1 aromatic rings. The lowest BCUT2D eigenvalue weighted by Gasteiger charge is -2.20. The molecule has 1 saturated heterocycles. The van der Waals surface area contributed by atoms with Crippen LogP contribution in [0.15, 0.2) is 29.2 Å². The van der Waals surface area contributed by atoms with Crippen molar-refractivity contribution in [3.63, 3.8) is 0 Å². The molecule has 1 aliphatic rings. The Balaban J connectivity index is 1.89. The third-order valence-electron chi connectivity index (χ3n) is 4.74. The van der Waals surface area contributed by atoms with E-state index in [-0.39, 0.29) is 29.8 Å². The van der Waals surface area contributed by atoms with Gasteiger partial charge in [-0.15, -0.1) is 0 Å². The molecule has 8 nitrogen and oxygen atoms in total. The summed E-state index contributed by atoms with van der Waals surface area (Å²) in [6.07, 6.45) is 4.76. The molecule has 1 aromatic carbocycles. The summed E-state index contributed by atoms with van der Waals surface area (Å²) in [6, 6.07) is 6.24. The maximum absolute atomic E-state index is 12.8. The number of benzene rings is 1. The highest BCUT2D eigenvalue weighted by molar-refractivity contribution is 7.89. The number of sulfonamides is 1. The fourth-order valence-electron chi connectivity index (χ4n) is 3.21. The predicted molar refractivity (Wildman–Crippen MR) is 113 cm³/mol. The number of anilines is 1. The first kappa shape index (κ1) is 23.3. The molecule has 0 aliphatic carbocycles. The predicted octanol–water partition coefficient (Wildman–Crippen LogP) is 1.65. The van der Waals surface area contributed by atoms with E-state index >= 15 is 0 Å². The minimum atomic E-state index is -3.50. The number of nitrogens with one attached hydrogen (secondary N) is 2. The Bertz CT molecular complexity index is 772. The number of carbonyl (C=O) groups excluding carboxylic acids is 2. The van der Waals surface area contributed by atoms with Gasteiger partial charge in [-0.2, -0.15) is 4.31 Å². The molecule has 2 amide bonds. The van der Waals surface area contributed by atoms with Crippen LogP contribution in [0.25, 0.3) is 0 Å². The summed E-state index contributed by atoms with van der Waals surface area (Å²) in [7, 11) is -1.81. The van der Waals surface area contributed by atoms with Gasteiger partial charge in [0.15, 0.2) is 0 Å². The second-order valence-corrected chi connectivity index (χ2v) is 9.35. The van der Waals surface area contributed by atoms with Gasteiger partial charge in [0, 0.05) is 25.3 Å². The number of rotatable bonds is 9. The van der Waals surface area contributed by atoms with E-state index in [0.717, 1.165) is 32.1 Å². The summed E-state index contributed by atoms with van der Waals surface area (Å²) in [5.41, 5.74) is 0.522. The Morgan fingerprint density at radius 3 is 2.17 bits per heavy atom. The van der Waals surface area contributed by atoms with Crippen LogP contribution in [0.1, 0.15) is 39.0 Å². The first-order valence-electron chi connectivity index (χ1n) is 10.2. The average molecular weight is 425 g/mol. The van der Waals surface area contributed by atoms with Gasteiger partial charge in [-0.05, 0) is 50.6 Å². The molecule has 0 spiro atoms. The van der Waals surface area contributed by atoms with Crippen molar-refractivity contribution in [2.45, 2.75) is 43.9 Å². The Kier molecular flexibility index (Phi) is 9.06. The first-order valence-corrected chi connectivity index (χ1v) is 11.6. The molecular formula is C20H32N4O4S. The molecule has 0 unspecified atom stereocenters. The largest absolute Gasteiger partial charge is 0.355 e. The van der Waals surface area contributed by atoms with Crippen molar-refractivity contribution in [3.8, 4) is 0 Å². The van der Waals surface area contributed by atoms with Crippen molar-refractivity contribution in [1.29, 1.82) is 0 Å². The molecular weight excluding hydrogens is 392 g/mol. The molecule has 2 N–H and O–H groups in total. The normalized spacial score (nSPS) is 15.7. The Hall–Kier alpha value is -1.97. The zero-order chi connectivity index (χ0) is 21.3. The van der Waals surface area contributed by atoms with E-state index in [0.29, 0.717) is 25.3 Å². The van der Waals surface area contributed by atoms with Gasteiger partial charge in [-0.1, -0.05) is 19.8 Å². The van der Waals surface area contributed by atoms with Crippen LogP contribution >= 0.6 is 0 Å². The van der Waals surface area contributed by atoms with Crippen molar-refractivity contribution in [3.05, 3.63) is 24.3 Å². The number of hydrogen-bond donors (Lipinski definition) is 2. The van der Waals surface area contributed by atoms with E-state index in [4.69, 9.17) is 0 Å². The van der Waals surface area contributed by atoms with Crippen LogP contribution in [-0.4, -0.2) is 69.2 Å². The van der Waals surface area contributed by atoms with Crippen molar-refractivity contribution in [2.24, 2.45) is 0 Å². The van der Waals surface area contributed by atoms with E-state index in [2.05, 4.69) is 10.6 Å². The van der Waals surface area contributed by atoms with E-state index in [1.165, 1.54) is 12.1 Å². The lowest BCUT2D eigenvalue weighted by molar-refractivity contribution is -0.122. The molecule has 0 saturated carbocycles. The van der Waals surface area contributed by atoms with Crippen LogP contribution < -0.4 is 10.6 Å². The first-order chi connectivity index (χ1) is 13.8. The standard InChI is InChI=1S/C20H32N4O4S/c1-3-12-21-19(25)15-23(2)16-20(26)22-17-8-10-18(11-9-17)29(27,28)24-13-6-4-5-7-14-24/h8-11H,3-7,12-16H2,1-2H3,(H,21,25)(H,22,26). The fourth-order valence-corrected chi connectivity index (χ4v) is 4.73. The van der Waals surface area contributed by atoms with Gasteiger partial charge in [0.1, 0.15) is 0 Å². The van der Waals surface area contributed by atoms with Crippen molar-refractivity contribution in [1.82, 2.24) is 14.5 Å². The quantitative estimate of drug-likeness (QED) is 0.628. The molecule has 2 rings (SSSR count). The molecule has 162 valence electrons. The van der Waals surface area contributed by atoms with Crippen LogP contribution in [0.2, 0.25) is 0 Å². The molecule has 9 heteroatoms. The maximum atomic E-state index is 12.8. The summed E-state index contributed by atoms with van der Waals surface area (Å²) in [5, 5.41) is 5.50. The Labute approximate surface area is 173 Å². The summed E-state index contributed by atoms with van der Waals surface area (Å²) in [6.45, 7) is 3.90. The Morgan fingerprint density at radius 1 is 1.00 bits per heavy atom. The molecule has 0 aromatic heterocycles. The molecule has 0 bridgehead atoms. The van der Waals surface area contributed by atoms with Crippen LogP contribution in [0.4, 0.5) is 5.69 Å². The van der Waals surface area contributed by atoms with Crippen LogP contribution in [0, 0.1) is 0 Å². The summed E-state index contributed by atoms with van der Waals surface area (Å²) in [4.78, 5) is 25.7. The average Bonchev–Trinajstić information content (AvgIpc) is 2.96. The van der Waals surface area contributed by atoms with Crippen molar-refractivity contribution < 1.29 is 18.0 Å². The molecule has 0 atom stereocenters. The Morgan fingerprint density at radius 2 is 1.59 bits per heavy atom. The van der Waals surface area contributed by atoms with E-state index < -0.39 is 10.0 Å². The molecule has 0 radical (unpaired) electrons. The number of nitrogens with zero attached hydrogens (tertiary/aromatic N) is 2. The smallest absolute Gasteiger partial charge is 0.243 e. The molecule has 1 aliphatic heterocycles. The number of carbonyl (C=O) groups is 2. The van der Waals surface area contributed by atoms with Gasteiger partial charge < -0.3 is 10.6 Å². The van der Waals surface area contributed by atoms with Crippen LogP contribution in [-0.2, 0) is 19.6 Å². The summed E-state index contributed by atoms with van der Waals surface area (Å²) < 4.78 is 27.1. The van der Waals surface area contributed by atoms with Crippen LogP contribution in [0.5, 0.6) is 0 Å². The fraction of sp³-hybridized carbons (Fsp3) is 0.600. The minimum Gasteiger partial charge on any atom is -0.355 e. The lowest BCUT2D eigenvalue weighted by Crippen LogP contribution is -2.39. The minimum absolute atomic E-state index is 0.0629. The highest BCUT2D eigenvalue weighted by Gasteiger charge is 2.25. The maximum Gasteiger partial charge on any atom is 0.243 e. The highest BCUT2D eigenvalue weighted by atomic mass is 32.2. The van der Waals surface area contributed by atoms with E-state index in [1.54, 1.807) is 28.4 Å². The third-order valence-corrected chi connectivity index (χ3v) is 6.65. The van der Waals surface area contributed by atoms with Gasteiger partial charge in [-0.25, -0.2) is 8.42 Å². The number of likely N-dealkylation sites (N-methyl/N-ethyl adjacent to an activating group) is 1. The van der Waals surface area contributed by atoms with Gasteiger partial charge >= 0.3 is 0 Å². The molecule has 1 fully saturated rings. The van der Waals surface area contributed by atoms with Gasteiger partial charge in [-0.3, -0.25) is 14.5 Å². The zero-order valence-electron chi connectivity index (χ0n) is 17.3. The van der Waals surface area contributed by atoms with Crippen LogP contribution in [0.3, 0.4) is 0 Å².